The van der Waals surface area contributed by atoms with E-state index in [2.05, 4.69) is 16.0 Å². The Hall–Kier alpha value is -2.31. The van der Waals surface area contributed by atoms with Crippen molar-refractivity contribution in [3.8, 4) is 0 Å². The Morgan fingerprint density at radius 3 is 2.05 bits per heavy atom. The first-order chi connectivity index (χ1) is 10.4. The van der Waals surface area contributed by atoms with E-state index in [9.17, 15) is 4.79 Å². The summed E-state index contributed by atoms with van der Waals surface area (Å²) in [4.78, 5) is 11.0. The van der Waals surface area contributed by atoms with Crippen LogP contribution in [0.25, 0.3) is 0 Å². The molecule has 0 radical (unpaired) electrons. The first-order valence-corrected chi connectivity index (χ1v) is 7.23. The first-order valence-electron chi connectivity index (χ1n) is 6.45. The molecule has 0 aliphatic carbocycles. The normalized spacial score (nSPS) is 9.91. The molecule has 0 spiro atoms. The highest BCUT2D eigenvalue weighted by atomic mass is 35.5. The smallest absolute Gasteiger partial charge is 0.221 e. The van der Waals surface area contributed by atoms with Crippen molar-refractivity contribution in [2.45, 2.75) is 6.92 Å². The molecule has 0 unspecified atom stereocenters. The molecule has 5 N–H and O–H groups in total. The number of nitrogens with two attached hydrogens (primary N) is 1. The Bertz CT molecular complexity index is 703. The second-order valence-corrected chi connectivity index (χ2v) is 5.39. The van der Waals surface area contributed by atoms with E-state index in [-0.39, 0.29) is 5.91 Å². The number of hydrogen-bond acceptors (Lipinski definition) is 3. The van der Waals surface area contributed by atoms with E-state index in [1.807, 2.05) is 12.1 Å². The predicted octanol–water partition coefficient (Wildman–Crippen LogP) is 3.69. The maximum Gasteiger partial charge on any atom is 0.221 e. The number of carbonyl (C=O) groups is 1. The number of nitrogens with one attached hydrogen (secondary N) is 3. The highest BCUT2D eigenvalue weighted by molar-refractivity contribution is 7.80. The van der Waals surface area contributed by atoms with Crippen LogP contribution in [0.15, 0.2) is 42.5 Å². The number of carbonyl (C=O) groups excluding carboxylic acids is 1. The Kier molecular flexibility index (Phi) is 5.19. The average Bonchev–Trinajstić information content (AvgIpc) is 2.44. The highest BCUT2D eigenvalue weighted by Crippen LogP contribution is 2.22. The van der Waals surface area contributed by atoms with Gasteiger partial charge in [-0.1, -0.05) is 11.6 Å². The van der Waals surface area contributed by atoms with Crippen molar-refractivity contribution in [3.63, 3.8) is 0 Å². The number of hydrogen-bond donors (Lipinski definition) is 4. The van der Waals surface area contributed by atoms with Gasteiger partial charge in [-0.25, -0.2) is 0 Å². The third kappa shape index (κ3) is 4.61. The maximum atomic E-state index is 11.0. The van der Waals surface area contributed by atoms with Crippen LogP contribution in [0.4, 0.5) is 22.7 Å². The molecule has 2 rings (SSSR count). The van der Waals surface area contributed by atoms with Crippen molar-refractivity contribution < 1.29 is 4.79 Å². The predicted molar refractivity (Wildman–Crippen MR) is 96.5 cm³/mol. The standard InChI is InChI=1S/C15H15ClN4OS/c1-9(21)18-10-2-4-11(5-3-10)19-15(22)20-12-6-7-14(17)13(16)8-12/h2-8H,17H2,1H3,(H,18,21)(H2,19,20,22). The van der Waals surface area contributed by atoms with E-state index >= 15 is 0 Å². The summed E-state index contributed by atoms with van der Waals surface area (Å²) in [6.07, 6.45) is 0. The summed E-state index contributed by atoms with van der Waals surface area (Å²) in [5.74, 6) is -0.113. The van der Waals surface area contributed by atoms with Gasteiger partial charge in [-0.05, 0) is 54.7 Å². The van der Waals surface area contributed by atoms with Gasteiger partial charge in [0.25, 0.3) is 0 Å². The monoisotopic (exact) mass is 334 g/mol. The fourth-order valence-corrected chi connectivity index (χ4v) is 2.15. The van der Waals surface area contributed by atoms with E-state index in [1.165, 1.54) is 6.92 Å². The molecule has 2 aromatic carbocycles. The van der Waals surface area contributed by atoms with Crippen LogP contribution in [0.2, 0.25) is 5.02 Å². The molecule has 0 saturated heterocycles. The number of anilines is 4. The SMILES string of the molecule is CC(=O)Nc1ccc(NC(=S)Nc2ccc(N)c(Cl)c2)cc1. The summed E-state index contributed by atoms with van der Waals surface area (Å²) in [5, 5.41) is 9.64. The molecule has 0 aliphatic heterocycles. The second-order valence-electron chi connectivity index (χ2n) is 4.57. The molecule has 22 heavy (non-hydrogen) atoms. The lowest BCUT2D eigenvalue weighted by molar-refractivity contribution is -0.114. The highest BCUT2D eigenvalue weighted by Gasteiger charge is 2.02. The summed E-state index contributed by atoms with van der Waals surface area (Å²) in [5.41, 5.74) is 8.43. The van der Waals surface area contributed by atoms with Crippen molar-refractivity contribution in [2.75, 3.05) is 21.7 Å². The molecule has 0 heterocycles. The zero-order chi connectivity index (χ0) is 16.1. The molecule has 0 aromatic heterocycles. The number of benzene rings is 2. The van der Waals surface area contributed by atoms with Crippen LogP contribution in [0.1, 0.15) is 6.92 Å². The van der Waals surface area contributed by atoms with Gasteiger partial charge in [0.1, 0.15) is 0 Å². The lowest BCUT2D eigenvalue weighted by atomic mass is 10.2. The Labute approximate surface area is 138 Å². The van der Waals surface area contributed by atoms with Crippen LogP contribution in [0, 0.1) is 0 Å². The van der Waals surface area contributed by atoms with E-state index in [1.54, 1.807) is 30.3 Å². The Balaban J connectivity index is 1.96. The molecule has 2 aromatic rings. The summed E-state index contributed by atoms with van der Waals surface area (Å²) in [6, 6.07) is 12.4. The van der Waals surface area contributed by atoms with Gasteiger partial charge in [-0.15, -0.1) is 0 Å². The van der Waals surface area contributed by atoms with Gasteiger partial charge in [0, 0.05) is 24.0 Å². The number of amides is 1. The molecule has 0 atom stereocenters. The van der Waals surface area contributed by atoms with Crippen molar-refractivity contribution in [2.24, 2.45) is 0 Å². The minimum absolute atomic E-state index is 0.113. The third-order valence-electron chi connectivity index (χ3n) is 2.72. The van der Waals surface area contributed by atoms with Crippen LogP contribution in [-0.4, -0.2) is 11.0 Å². The minimum atomic E-state index is -0.113. The van der Waals surface area contributed by atoms with Gasteiger partial charge in [-0.3, -0.25) is 4.79 Å². The van der Waals surface area contributed by atoms with Gasteiger partial charge in [0.15, 0.2) is 5.11 Å². The van der Waals surface area contributed by atoms with Gasteiger partial charge in [0.2, 0.25) is 5.91 Å². The zero-order valence-corrected chi connectivity index (χ0v) is 13.4. The number of nitrogen functional groups attached to an aromatic ring is 1. The van der Waals surface area contributed by atoms with E-state index in [0.717, 1.165) is 17.1 Å². The Morgan fingerprint density at radius 2 is 1.50 bits per heavy atom. The molecule has 7 heteroatoms. The lowest BCUT2D eigenvalue weighted by Crippen LogP contribution is -2.19. The quantitative estimate of drug-likeness (QED) is 0.508. The van der Waals surface area contributed by atoms with Crippen molar-refractivity contribution >= 4 is 57.6 Å². The van der Waals surface area contributed by atoms with Gasteiger partial charge >= 0.3 is 0 Å². The molecule has 0 bridgehead atoms. The lowest BCUT2D eigenvalue weighted by Gasteiger charge is -2.12. The van der Waals surface area contributed by atoms with Crippen LogP contribution in [0.3, 0.4) is 0 Å². The third-order valence-corrected chi connectivity index (χ3v) is 3.25. The molecule has 5 nitrogen and oxygen atoms in total. The minimum Gasteiger partial charge on any atom is -0.398 e. The fraction of sp³-hybridized carbons (Fsp3) is 0.0667. The fourth-order valence-electron chi connectivity index (χ4n) is 1.74. The van der Waals surface area contributed by atoms with Crippen molar-refractivity contribution in [3.05, 3.63) is 47.5 Å². The van der Waals surface area contributed by atoms with E-state index in [4.69, 9.17) is 29.6 Å². The molecule has 1 amide bonds. The molecule has 114 valence electrons. The summed E-state index contributed by atoms with van der Waals surface area (Å²) in [6.45, 7) is 1.46. The van der Waals surface area contributed by atoms with E-state index < -0.39 is 0 Å². The van der Waals surface area contributed by atoms with Gasteiger partial charge in [0.05, 0.1) is 10.7 Å². The Morgan fingerprint density at radius 1 is 1.00 bits per heavy atom. The van der Waals surface area contributed by atoms with E-state index in [0.29, 0.717) is 15.8 Å². The molecular formula is C15H15ClN4OS. The number of rotatable bonds is 3. The maximum absolute atomic E-state index is 11.0. The molecule has 0 fully saturated rings. The van der Waals surface area contributed by atoms with Crippen LogP contribution < -0.4 is 21.7 Å². The van der Waals surface area contributed by atoms with Crippen molar-refractivity contribution in [1.29, 1.82) is 0 Å². The summed E-state index contributed by atoms with van der Waals surface area (Å²) >= 11 is 11.2. The van der Waals surface area contributed by atoms with Gasteiger partial charge in [-0.2, -0.15) is 0 Å². The summed E-state index contributed by atoms with van der Waals surface area (Å²) in [7, 11) is 0. The van der Waals surface area contributed by atoms with Crippen LogP contribution >= 0.6 is 23.8 Å². The molecular weight excluding hydrogens is 320 g/mol. The zero-order valence-electron chi connectivity index (χ0n) is 11.8. The summed E-state index contributed by atoms with van der Waals surface area (Å²) < 4.78 is 0. The number of thiocarbonyl (C=S) groups is 1. The largest absolute Gasteiger partial charge is 0.398 e. The van der Waals surface area contributed by atoms with Crippen LogP contribution in [0.5, 0.6) is 0 Å². The van der Waals surface area contributed by atoms with Crippen LogP contribution in [-0.2, 0) is 4.79 Å². The number of halogens is 1. The molecule has 0 aliphatic rings. The topological polar surface area (TPSA) is 79.2 Å². The first kappa shape index (κ1) is 16.1. The van der Waals surface area contributed by atoms with Crippen molar-refractivity contribution in [1.82, 2.24) is 0 Å². The van der Waals surface area contributed by atoms with Gasteiger partial charge < -0.3 is 21.7 Å². The second kappa shape index (κ2) is 7.11. The average molecular weight is 335 g/mol. The molecule has 0 saturated carbocycles.